The third-order valence-corrected chi connectivity index (χ3v) is 7.72. The van der Waals surface area contributed by atoms with Gasteiger partial charge in [-0.05, 0) is 50.1 Å². The summed E-state index contributed by atoms with van der Waals surface area (Å²) in [4.78, 5) is 0. The van der Waals surface area contributed by atoms with E-state index >= 15 is 0 Å². The molecule has 20 heavy (non-hydrogen) atoms. The lowest BCUT2D eigenvalue weighted by atomic mass is 10.2. The lowest BCUT2D eigenvalue weighted by Crippen LogP contribution is -2.22. The Labute approximate surface area is 141 Å². The fourth-order valence-electron chi connectivity index (χ4n) is 1.37. The average molecular weight is 464 g/mol. The second kappa shape index (κ2) is 6.41. The van der Waals surface area contributed by atoms with Crippen molar-refractivity contribution in [1.29, 1.82) is 0 Å². The molecule has 0 radical (unpaired) electrons. The Morgan fingerprint density at radius 3 is 2.55 bits per heavy atom. The number of benzene rings is 1. The van der Waals surface area contributed by atoms with E-state index in [-0.39, 0.29) is 21.3 Å². The summed E-state index contributed by atoms with van der Waals surface area (Å²) in [6, 6.07) is 5.58. The van der Waals surface area contributed by atoms with Gasteiger partial charge in [-0.3, -0.25) is 0 Å². The van der Waals surface area contributed by atoms with E-state index in [1.54, 1.807) is 0 Å². The molecule has 1 heterocycles. The van der Waals surface area contributed by atoms with E-state index in [4.69, 9.17) is 11.6 Å². The minimum Gasteiger partial charge on any atom is -0.207 e. The van der Waals surface area contributed by atoms with Crippen LogP contribution in [0.15, 0.2) is 36.7 Å². The fraction of sp³-hybridized carbons (Fsp3) is 0.0909. The highest BCUT2D eigenvalue weighted by Crippen LogP contribution is 2.34. The van der Waals surface area contributed by atoms with Crippen molar-refractivity contribution in [3.05, 3.63) is 48.9 Å². The molecule has 0 atom stereocenters. The molecule has 0 unspecified atom stereocenters. The second-order valence-electron chi connectivity index (χ2n) is 3.75. The normalized spacial score (nSPS) is 11.8. The summed E-state index contributed by atoms with van der Waals surface area (Å²) in [7, 11) is -3.68. The zero-order valence-electron chi connectivity index (χ0n) is 9.66. The van der Waals surface area contributed by atoms with Gasteiger partial charge in [0.25, 0.3) is 0 Å². The molecule has 108 valence electrons. The molecule has 1 aromatic carbocycles. The lowest BCUT2D eigenvalue weighted by molar-refractivity contribution is 0.576. The van der Waals surface area contributed by atoms with Crippen molar-refractivity contribution >= 4 is 64.8 Å². The number of hydrogen-bond donors (Lipinski definition) is 1. The van der Waals surface area contributed by atoms with E-state index in [0.29, 0.717) is 8.26 Å². The van der Waals surface area contributed by atoms with Crippen molar-refractivity contribution in [3.63, 3.8) is 0 Å². The molecule has 1 N–H and O–H groups in total. The van der Waals surface area contributed by atoms with Crippen LogP contribution in [0, 0.1) is 5.82 Å². The first-order valence-electron chi connectivity index (χ1n) is 5.18. The van der Waals surface area contributed by atoms with Crippen LogP contribution in [0.5, 0.6) is 0 Å². The summed E-state index contributed by atoms with van der Waals surface area (Å²) in [5.41, 5.74) is 0.229. The van der Waals surface area contributed by atoms with Crippen molar-refractivity contribution in [2.75, 3.05) is 0 Å². The van der Waals surface area contributed by atoms with Crippen LogP contribution in [-0.4, -0.2) is 8.42 Å². The summed E-state index contributed by atoms with van der Waals surface area (Å²) in [5.74, 6) is -0.547. The van der Waals surface area contributed by atoms with Gasteiger partial charge in [0.15, 0.2) is 0 Å². The van der Waals surface area contributed by atoms with Crippen LogP contribution in [0.25, 0.3) is 0 Å². The van der Waals surface area contributed by atoms with E-state index in [2.05, 4.69) is 36.6 Å². The Bertz CT molecular complexity index is 729. The third-order valence-electron chi connectivity index (χ3n) is 2.36. The zero-order valence-corrected chi connectivity index (χ0v) is 15.2. The minimum absolute atomic E-state index is 0.140. The zero-order chi connectivity index (χ0) is 14.9. The maximum Gasteiger partial charge on any atom is 0.250 e. The van der Waals surface area contributed by atoms with Gasteiger partial charge in [0, 0.05) is 21.6 Å². The highest BCUT2D eigenvalue weighted by molar-refractivity contribution is 9.13. The molecule has 9 heteroatoms. The van der Waals surface area contributed by atoms with Crippen LogP contribution in [0.2, 0.25) is 5.02 Å². The molecule has 0 saturated heterocycles. The summed E-state index contributed by atoms with van der Waals surface area (Å²) in [6.07, 6.45) is 0. The summed E-state index contributed by atoms with van der Waals surface area (Å²) in [6.45, 7) is -0.140. The van der Waals surface area contributed by atoms with Crippen molar-refractivity contribution < 1.29 is 12.8 Å². The smallest absolute Gasteiger partial charge is 0.207 e. The Hall–Kier alpha value is 0.01000. The maximum atomic E-state index is 13.6. The number of sulfonamides is 1. The molecule has 3 nitrogen and oxygen atoms in total. The second-order valence-corrected chi connectivity index (χ2v) is 9.40. The van der Waals surface area contributed by atoms with Gasteiger partial charge >= 0.3 is 0 Å². The van der Waals surface area contributed by atoms with Crippen LogP contribution in [0.1, 0.15) is 5.56 Å². The molecule has 0 aliphatic rings. The monoisotopic (exact) mass is 461 g/mol. The molecule has 0 spiro atoms. The van der Waals surface area contributed by atoms with Gasteiger partial charge in [-0.15, -0.1) is 11.3 Å². The van der Waals surface area contributed by atoms with Gasteiger partial charge in [-0.25, -0.2) is 17.5 Å². The lowest BCUT2D eigenvalue weighted by Gasteiger charge is -2.06. The molecule has 0 fully saturated rings. The van der Waals surface area contributed by atoms with Gasteiger partial charge < -0.3 is 0 Å². The van der Waals surface area contributed by atoms with E-state index in [1.807, 2.05) is 0 Å². The van der Waals surface area contributed by atoms with Crippen LogP contribution in [0.3, 0.4) is 0 Å². The van der Waals surface area contributed by atoms with Crippen molar-refractivity contribution in [2.24, 2.45) is 0 Å². The van der Waals surface area contributed by atoms with Gasteiger partial charge in [0.1, 0.15) is 10.0 Å². The predicted octanol–water partition coefficient (Wildman–Crippen LogP) is 4.54. The van der Waals surface area contributed by atoms with Gasteiger partial charge in [-0.2, -0.15) is 0 Å². The van der Waals surface area contributed by atoms with E-state index < -0.39 is 15.8 Å². The molecule has 2 aromatic rings. The molecule has 0 aliphatic heterocycles. The summed E-state index contributed by atoms with van der Waals surface area (Å²) < 4.78 is 41.5. The van der Waals surface area contributed by atoms with Gasteiger partial charge in [-0.1, -0.05) is 17.7 Å². The number of hydrogen-bond acceptors (Lipinski definition) is 3. The van der Waals surface area contributed by atoms with Crippen molar-refractivity contribution in [2.45, 2.75) is 10.8 Å². The summed E-state index contributed by atoms with van der Waals surface area (Å²) in [5, 5.41) is 0.264. The molecule has 2 rings (SSSR count). The Morgan fingerprint density at radius 2 is 2.00 bits per heavy atom. The molecule has 0 bridgehead atoms. The molecule has 0 amide bonds. The largest absolute Gasteiger partial charge is 0.250 e. The van der Waals surface area contributed by atoms with Crippen molar-refractivity contribution in [1.82, 2.24) is 4.72 Å². The number of thiophene rings is 1. The molecular weight excluding hydrogens is 457 g/mol. The van der Waals surface area contributed by atoms with Crippen LogP contribution < -0.4 is 4.72 Å². The first kappa shape index (κ1) is 16.4. The SMILES string of the molecule is O=S(=O)(NCc1ccc(Cl)cc1F)c1cc(Br)c(Br)s1. The quantitative estimate of drug-likeness (QED) is 0.724. The number of nitrogens with one attached hydrogen (secondary N) is 1. The Balaban J connectivity index is 2.17. The maximum absolute atomic E-state index is 13.6. The van der Waals surface area contributed by atoms with Crippen LogP contribution >= 0.6 is 54.8 Å². The van der Waals surface area contributed by atoms with Crippen LogP contribution in [0.4, 0.5) is 4.39 Å². The third kappa shape index (κ3) is 3.80. The topological polar surface area (TPSA) is 46.2 Å². The first-order chi connectivity index (χ1) is 9.29. The van der Waals surface area contributed by atoms with E-state index in [0.717, 1.165) is 17.4 Å². The average Bonchev–Trinajstić information content (AvgIpc) is 2.69. The number of rotatable bonds is 4. The first-order valence-corrected chi connectivity index (χ1v) is 9.44. The van der Waals surface area contributed by atoms with Gasteiger partial charge in [0.05, 0.1) is 3.79 Å². The standard InChI is InChI=1S/C11H7Br2ClFNO2S2/c12-8-4-10(19-11(8)13)20(17,18)16-5-6-1-2-7(14)3-9(6)15/h1-4,16H,5H2. The van der Waals surface area contributed by atoms with E-state index in [9.17, 15) is 12.8 Å². The minimum atomic E-state index is -3.68. The predicted molar refractivity (Wildman–Crippen MR) is 85.2 cm³/mol. The molecule has 0 aliphatic carbocycles. The van der Waals surface area contributed by atoms with Gasteiger partial charge in [0.2, 0.25) is 10.0 Å². The molecule has 0 saturated carbocycles. The number of halogens is 4. The molecule has 1 aromatic heterocycles. The van der Waals surface area contributed by atoms with Crippen LogP contribution in [-0.2, 0) is 16.6 Å². The van der Waals surface area contributed by atoms with Crippen molar-refractivity contribution in [3.8, 4) is 0 Å². The Morgan fingerprint density at radius 1 is 1.30 bits per heavy atom. The fourth-order valence-corrected chi connectivity index (χ4v) is 5.40. The van der Waals surface area contributed by atoms with E-state index in [1.165, 1.54) is 18.2 Å². The highest BCUT2D eigenvalue weighted by Gasteiger charge is 2.19. The summed E-state index contributed by atoms with van der Waals surface area (Å²) >= 11 is 13.2. The Kier molecular flexibility index (Phi) is 5.25. The highest BCUT2D eigenvalue weighted by atomic mass is 79.9. The molecular formula is C11H7Br2ClFNO2S2.